The number of piperidine rings is 1. The van der Waals surface area contributed by atoms with E-state index in [-0.39, 0.29) is 35.8 Å². The van der Waals surface area contributed by atoms with Crippen LogP contribution in [0.1, 0.15) is 44.0 Å². The number of aromatic nitrogens is 2. The largest absolute Gasteiger partial charge is 0.352 e. The van der Waals surface area contributed by atoms with Crippen LogP contribution < -0.4 is 10.6 Å². The predicted octanol–water partition coefficient (Wildman–Crippen LogP) is 2.18. The van der Waals surface area contributed by atoms with Gasteiger partial charge < -0.3 is 15.2 Å². The van der Waals surface area contributed by atoms with E-state index >= 15 is 0 Å². The van der Waals surface area contributed by atoms with Crippen molar-refractivity contribution in [3.63, 3.8) is 0 Å². The third kappa shape index (κ3) is 5.74. The number of aryl methyl sites for hydroxylation is 2. The van der Waals surface area contributed by atoms with E-state index in [0.29, 0.717) is 37.3 Å². The minimum Gasteiger partial charge on any atom is -0.352 e. The molecular formula is C22H31N5O4S. The number of carbonyl (C=O) groups excluding carboxylic acids is 2. The van der Waals surface area contributed by atoms with E-state index in [9.17, 15) is 18.0 Å². The molecule has 32 heavy (non-hydrogen) atoms. The molecule has 0 saturated carbocycles. The number of benzene rings is 1. The molecule has 10 heteroatoms. The Morgan fingerprint density at radius 2 is 1.94 bits per heavy atom. The van der Waals surface area contributed by atoms with Gasteiger partial charge in [0.1, 0.15) is 5.82 Å². The molecule has 1 aliphatic rings. The van der Waals surface area contributed by atoms with Crippen molar-refractivity contribution in [3.8, 4) is 0 Å². The lowest BCUT2D eigenvalue weighted by Gasteiger charge is -2.30. The van der Waals surface area contributed by atoms with Gasteiger partial charge in [-0.3, -0.25) is 9.59 Å². The molecule has 174 valence electrons. The van der Waals surface area contributed by atoms with Crippen LogP contribution in [-0.4, -0.2) is 47.2 Å². The van der Waals surface area contributed by atoms with E-state index < -0.39 is 10.0 Å². The fraction of sp³-hybridized carbons (Fsp3) is 0.500. The van der Waals surface area contributed by atoms with Crippen LogP contribution >= 0.6 is 0 Å². The van der Waals surface area contributed by atoms with Gasteiger partial charge in [-0.25, -0.2) is 13.4 Å². The summed E-state index contributed by atoms with van der Waals surface area (Å²) in [7, 11) is -1.90. The van der Waals surface area contributed by atoms with Crippen LogP contribution in [0.2, 0.25) is 0 Å². The SMILES string of the molecule is CCCC(=O)Nc1cccc(CNC(=O)C2CCN(S(=O)(=O)c3cn(C)c(C)n3)CC2)c1. The van der Waals surface area contributed by atoms with Crippen LogP contribution in [0.5, 0.6) is 0 Å². The Bertz CT molecular complexity index is 1050. The van der Waals surface area contributed by atoms with Crippen molar-refractivity contribution < 1.29 is 18.0 Å². The maximum Gasteiger partial charge on any atom is 0.262 e. The lowest BCUT2D eigenvalue weighted by molar-refractivity contribution is -0.126. The first-order valence-corrected chi connectivity index (χ1v) is 12.3. The van der Waals surface area contributed by atoms with Crippen molar-refractivity contribution >= 4 is 27.5 Å². The van der Waals surface area contributed by atoms with Gasteiger partial charge in [-0.15, -0.1) is 0 Å². The summed E-state index contributed by atoms with van der Waals surface area (Å²) in [5.74, 6) is 0.276. The molecule has 2 aromatic rings. The number of hydrogen-bond donors (Lipinski definition) is 2. The van der Waals surface area contributed by atoms with E-state index in [0.717, 1.165) is 12.0 Å². The fourth-order valence-corrected chi connectivity index (χ4v) is 5.18. The topological polar surface area (TPSA) is 113 Å². The van der Waals surface area contributed by atoms with Gasteiger partial charge in [0.2, 0.25) is 11.8 Å². The Hall–Kier alpha value is -2.72. The number of amides is 2. The third-order valence-corrected chi connectivity index (χ3v) is 7.44. The molecule has 2 heterocycles. The van der Waals surface area contributed by atoms with Gasteiger partial charge in [-0.05, 0) is 43.9 Å². The molecule has 0 spiro atoms. The number of imidazole rings is 1. The average Bonchev–Trinajstić information content (AvgIpc) is 3.11. The Kier molecular flexibility index (Phi) is 7.68. The second-order valence-corrected chi connectivity index (χ2v) is 10.0. The first kappa shape index (κ1) is 23.9. The summed E-state index contributed by atoms with van der Waals surface area (Å²) >= 11 is 0. The van der Waals surface area contributed by atoms with E-state index in [2.05, 4.69) is 15.6 Å². The van der Waals surface area contributed by atoms with Crippen molar-refractivity contribution in [3.05, 3.63) is 41.9 Å². The molecule has 1 aromatic heterocycles. The summed E-state index contributed by atoms with van der Waals surface area (Å²) < 4.78 is 28.7. The van der Waals surface area contributed by atoms with Crippen molar-refractivity contribution in [2.45, 2.75) is 51.1 Å². The Morgan fingerprint density at radius 3 is 2.56 bits per heavy atom. The van der Waals surface area contributed by atoms with Gasteiger partial charge in [0.15, 0.2) is 5.03 Å². The standard InChI is InChI=1S/C22H31N5O4S/c1-4-6-20(28)25-19-8-5-7-17(13-19)14-23-22(29)18-9-11-27(12-10-18)32(30,31)21-15-26(3)16(2)24-21/h5,7-8,13,15,18H,4,6,9-12,14H2,1-3H3,(H,23,29)(H,25,28). The van der Waals surface area contributed by atoms with Gasteiger partial charge in [0.05, 0.1) is 0 Å². The Morgan fingerprint density at radius 1 is 1.22 bits per heavy atom. The summed E-state index contributed by atoms with van der Waals surface area (Å²) in [6.45, 7) is 4.63. The number of rotatable bonds is 8. The zero-order valence-electron chi connectivity index (χ0n) is 18.8. The molecule has 0 atom stereocenters. The first-order chi connectivity index (χ1) is 15.2. The van der Waals surface area contributed by atoms with Crippen LogP contribution in [0.3, 0.4) is 0 Å². The summed E-state index contributed by atoms with van der Waals surface area (Å²) in [6, 6.07) is 7.39. The van der Waals surface area contributed by atoms with Crippen LogP contribution in [0, 0.1) is 12.8 Å². The van der Waals surface area contributed by atoms with Gasteiger partial charge in [0.25, 0.3) is 10.0 Å². The zero-order chi connectivity index (χ0) is 23.3. The quantitative estimate of drug-likeness (QED) is 0.626. The monoisotopic (exact) mass is 461 g/mol. The molecule has 3 rings (SSSR count). The molecule has 0 unspecified atom stereocenters. The highest BCUT2D eigenvalue weighted by Gasteiger charge is 2.33. The minimum atomic E-state index is -3.65. The highest BCUT2D eigenvalue weighted by molar-refractivity contribution is 7.89. The molecule has 2 amide bonds. The molecular weight excluding hydrogens is 430 g/mol. The van der Waals surface area contributed by atoms with Crippen molar-refractivity contribution in [1.82, 2.24) is 19.2 Å². The number of carbonyl (C=O) groups is 2. The first-order valence-electron chi connectivity index (χ1n) is 10.9. The van der Waals surface area contributed by atoms with Gasteiger partial charge in [0, 0.05) is 50.9 Å². The van der Waals surface area contributed by atoms with Gasteiger partial charge >= 0.3 is 0 Å². The highest BCUT2D eigenvalue weighted by Crippen LogP contribution is 2.24. The molecule has 9 nitrogen and oxygen atoms in total. The minimum absolute atomic E-state index is 0.0312. The number of nitrogens with one attached hydrogen (secondary N) is 2. The molecule has 0 bridgehead atoms. The molecule has 1 saturated heterocycles. The number of sulfonamides is 1. The maximum atomic E-state index is 12.8. The number of nitrogens with zero attached hydrogens (tertiary/aromatic N) is 3. The molecule has 1 aliphatic heterocycles. The van der Waals surface area contributed by atoms with Crippen molar-refractivity contribution in [1.29, 1.82) is 0 Å². The molecule has 0 aliphatic carbocycles. The average molecular weight is 462 g/mol. The second kappa shape index (κ2) is 10.3. The number of anilines is 1. The number of hydrogen-bond acceptors (Lipinski definition) is 5. The van der Waals surface area contributed by atoms with Crippen LogP contribution in [-0.2, 0) is 33.2 Å². The zero-order valence-corrected chi connectivity index (χ0v) is 19.6. The lowest BCUT2D eigenvalue weighted by atomic mass is 9.97. The maximum absolute atomic E-state index is 12.8. The summed E-state index contributed by atoms with van der Waals surface area (Å²) in [4.78, 5) is 28.5. The van der Waals surface area contributed by atoms with E-state index in [1.807, 2.05) is 31.2 Å². The fourth-order valence-electron chi connectivity index (χ4n) is 3.68. The Balaban J connectivity index is 1.51. The van der Waals surface area contributed by atoms with E-state index in [1.54, 1.807) is 18.5 Å². The predicted molar refractivity (Wildman–Crippen MR) is 121 cm³/mol. The smallest absolute Gasteiger partial charge is 0.262 e. The van der Waals surface area contributed by atoms with Crippen LogP contribution in [0.25, 0.3) is 0 Å². The summed E-state index contributed by atoms with van der Waals surface area (Å²) in [5.41, 5.74) is 1.59. The van der Waals surface area contributed by atoms with Crippen LogP contribution in [0.15, 0.2) is 35.5 Å². The second-order valence-electron chi connectivity index (χ2n) is 8.13. The summed E-state index contributed by atoms with van der Waals surface area (Å²) in [5, 5.41) is 5.83. The lowest BCUT2D eigenvalue weighted by Crippen LogP contribution is -2.43. The van der Waals surface area contributed by atoms with Gasteiger partial charge in [-0.2, -0.15) is 4.31 Å². The molecule has 2 N–H and O–H groups in total. The molecule has 1 aromatic carbocycles. The van der Waals surface area contributed by atoms with Crippen molar-refractivity contribution in [2.24, 2.45) is 13.0 Å². The van der Waals surface area contributed by atoms with Crippen LogP contribution in [0.4, 0.5) is 5.69 Å². The van der Waals surface area contributed by atoms with Gasteiger partial charge in [-0.1, -0.05) is 19.1 Å². The third-order valence-electron chi connectivity index (χ3n) is 5.67. The Labute approximate surface area is 189 Å². The van der Waals surface area contributed by atoms with Crippen molar-refractivity contribution in [2.75, 3.05) is 18.4 Å². The van der Waals surface area contributed by atoms with E-state index in [1.165, 1.54) is 10.5 Å². The normalized spacial score (nSPS) is 15.5. The van der Waals surface area contributed by atoms with E-state index in [4.69, 9.17) is 0 Å². The molecule has 0 radical (unpaired) electrons. The molecule has 1 fully saturated rings. The highest BCUT2D eigenvalue weighted by atomic mass is 32.2. The summed E-state index contributed by atoms with van der Waals surface area (Å²) in [6.07, 6.45) is 3.69.